The van der Waals surface area contributed by atoms with Gasteiger partial charge in [-0.1, -0.05) is 72.3 Å². The predicted octanol–water partition coefficient (Wildman–Crippen LogP) is 3.49. The molecule has 1 N–H and O–H groups in total. The van der Waals surface area contributed by atoms with Gasteiger partial charge >= 0.3 is 0 Å². The molecule has 0 amide bonds. The summed E-state index contributed by atoms with van der Waals surface area (Å²) in [5.41, 5.74) is 1.77. The Morgan fingerprint density at radius 1 is 0.848 bits per heavy atom. The molecule has 0 spiro atoms. The van der Waals surface area contributed by atoms with E-state index in [9.17, 15) is 16.8 Å². The normalized spacial score (nSPS) is 20.2. The lowest BCUT2D eigenvalue weighted by Crippen LogP contribution is -2.51. The lowest BCUT2D eigenvalue weighted by atomic mass is 10.1. The van der Waals surface area contributed by atoms with Crippen molar-refractivity contribution in [2.24, 2.45) is 0 Å². The first-order chi connectivity index (χ1) is 15.7. The van der Waals surface area contributed by atoms with Crippen LogP contribution in [0.1, 0.15) is 11.1 Å². The molecule has 174 valence electrons. The Hall–Kier alpha value is -2.23. The molecule has 1 aliphatic heterocycles. The minimum Gasteiger partial charge on any atom is -0.307 e. The van der Waals surface area contributed by atoms with Gasteiger partial charge in [0.15, 0.2) is 9.84 Å². The molecule has 1 aliphatic rings. The molecule has 0 bridgehead atoms. The van der Waals surface area contributed by atoms with Gasteiger partial charge in [-0.15, -0.1) is 0 Å². The summed E-state index contributed by atoms with van der Waals surface area (Å²) in [6, 6.07) is 23.4. The molecule has 1 saturated heterocycles. The Kier molecular flexibility index (Phi) is 7.21. The first-order valence-electron chi connectivity index (χ1n) is 10.5. The number of nitrogens with one attached hydrogen (secondary N) is 1. The van der Waals surface area contributed by atoms with Crippen molar-refractivity contribution in [3.8, 4) is 0 Å². The van der Waals surface area contributed by atoms with E-state index in [4.69, 9.17) is 11.6 Å². The topological polar surface area (TPSA) is 83.6 Å². The zero-order valence-electron chi connectivity index (χ0n) is 17.8. The standard InChI is InChI=1S/C24H25ClN2O4S2/c25-21-11-13-22(14-12-21)33(30,31)27(16-20-9-5-2-6-10-20)24-18-32(28,29)17-23(24)26-15-19-7-3-1-4-8-19/h1-14,23-24,26H,15-18H2/t23-,24+/m0/s1. The average molecular weight is 505 g/mol. The molecule has 6 nitrogen and oxygen atoms in total. The highest BCUT2D eigenvalue weighted by molar-refractivity contribution is 7.92. The first-order valence-corrected chi connectivity index (χ1v) is 14.2. The summed E-state index contributed by atoms with van der Waals surface area (Å²) >= 11 is 5.96. The van der Waals surface area contributed by atoms with Gasteiger partial charge in [0.25, 0.3) is 0 Å². The number of rotatable bonds is 8. The summed E-state index contributed by atoms with van der Waals surface area (Å²) in [6.07, 6.45) is 0. The van der Waals surface area contributed by atoms with Crippen LogP contribution in [0.3, 0.4) is 0 Å². The molecule has 1 heterocycles. The van der Waals surface area contributed by atoms with Gasteiger partial charge in [0, 0.05) is 24.2 Å². The predicted molar refractivity (Wildman–Crippen MR) is 130 cm³/mol. The number of nitrogens with zero attached hydrogens (tertiary/aromatic N) is 1. The summed E-state index contributed by atoms with van der Waals surface area (Å²) in [5, 5.41) is 3.72. The second-order valence-corrected chi connectivity index (χ2v) is 12.6. The number of hydrogen-bond acceptors (Lipinski definition) is 5. The van der Waals surface area contributed by atoms with Crippen molar-refractivity contribution in [3.05, 3.63) is 101 Å². The third-order valence-electron chi connectivity index (χ3n) is 5.71. The molecule has 33 heavy (non-hydrogen) atoms. The van der Waals surface area contributed by atoms with E-state index in [0.717, 1.165) is 11.1 Å². The second-order valence-electron chi connectivity index (χ2n) is 8.11. The highest BCUT2D eigenvalue weighted by Gasteiger charge is 2.45. The van der Waals surface area contributed by atoms with Crippen LogP contribution >= 0.6 is 11.6 Å². The number of halogens is 1. The number of hydrogen-bond donors (Lipinski definition) is 1. The van der Waals surface area contributed by atoms with Gasteiger partial charge in [0.05, 0.1) is 22.4 Å². The Bertz CT molecular complexity index is 1280. The third-order valence-corrected chi connectivity index (χ3v) is 9.56. The SMILES string of the molecule is O=S1(=O)C[C@H](NCc2ccccc2)[C@H](N(Cc2ccccc2)S(=O)(=O)c2ccc(Cl)cc2)C1. The monoisotopic (exact) mass is 504 g/mol. The summed E-state index contributed by atoms with van der Waals surface area (Å²) in [7, 11) is -7.42. The van der Waals surface area contributed by atoms with E-state index < -0.39 is 31.9 Å². The lowest BCUT2D eigenvalue weighted by Gasteiger charge is -2.32. The zero-order valence-corrected chi connectivity index (χ0v) is 20.2. The molecule has 0 unspecified atom stereocenters. The van der Waals surface area contributed by atoms with Crippen LogP contribution in [0.5, 0.6) is 0 Å². The van der Waals surface area contributed by atoms with Gasteiger partial charge < -0.3 is 5.32 Å². The molecule has 0 aliphatic carbocycles. The molecule has 3 aromatic carbocycles. The van der Waals surface area contributed by atoms with E-state index in [0.29, 0.717) is 11.6 Å². The number of sulfone groups is 1. The van der Waals surface area contributed by atoms with Crippen LogP contribution in [0.25, 0.3) is 0 Å². The van der Waals surface area contributed by atoms with Crippen molar-refractivity contribution in [2.75, 3.05) is 11.5 Å². The van der Waals surface area contributed by atoms with Gasteiger partial charge in [0.2, 0.25) is 10.0 Å². The minimum absolute atomic E-state index is 0.0650. The third kappa shape index (κ3) is 5.83. The van der Waals surface area contributed by atoms with Crippen molar-refractivity contribution in [1.82, 2.24) is 9.62 Å². The van der Waals surface area contributed by atoms with E-state index in [1.807, 2.05) is 60.7 Å². The van der Waals surface area contributed by atoms with Crippen LogP contribution in [0.2, 0.25) is 5.02 Å². The largest absolute Gasteiger partial charge is 0.307 e. The van der Waals surface area contributed by atoms with Gasteiger partial charge in [-0.05, 0) is 35.4 Å². The Morgan fingerprint density at radius 2 is 1.42 bits per heavy atom. The van der Waals surface area contributed by atoms with Crippen LogP contribution in [-0.4, -0.2) is 44.7 Å². The van der Waals surface area contributed by atoms with Crippen LogP contribution in [-0.2, 0) is 33.0 Å². The van der Waals surface area contributed by atoms with E-state index >= 15 is 0 Å². The van der Waals surface area contributed by atoms with Crippen LogP contribution < -0.4 is 5.32 Å². The number of sulfonamides is 1. The van der Waals surface area contributed by atoms with E-state index in [2.05, 4.69) is 5.32 Å². The molecule has 2 atom stereocenters. The molecule has 3 aromatic rings. The molecule has 0 radical (unpaired) electrons. The molecule has 9 heteroatoms. The Labute approximate surface area is 200 Å². The van der Waals surface area contributed by atoms with Gasteiger partial charge in [-0.2, -0.15) is 4.31 Å². The summed E-state index contributed by atoms with van der Waals surface area (Å²) < 4.78 is 54.1. The molecular weight excluding hydrogens is 480 g/mol. The fourth-order valence-corrected chi connectivity index (χ4v) is 7.86. The molecule has 0 aromatic heterocycles. The summed E-state index contributed by atoms with van der Waals surface area (Å²) in [5.74, 6) is -0.356. The quantitative estimate of drug-likeness (QED) is 0.507. The highest BCUT2D eigenvalue weighted by Crippen LogP contribution is 2.28. The number of benzene rings is 3. The fraction of sp³-hybridized carbons (Fsp3) is 0.250. The van der Waals surface area contributed by atoms with Crippen LogP contribution in [0.4, 0.5) is 0 Å². The van der Waals surface area contributed by atoms with Gasteiger partial charge in [0.1, 0.15) is 0 Å². The maximum Gasteiger partial charge on any atom is 0.243 e. The molecule has 1 fully saturated rings. The van der Waals surface area contributed by atoms with Crippen molar-refractivity contribution >= 4 is 31.5 Å². The van der Waals surface area contributed by atoms with Crippen molar-refractivity contribution in [2.45, 2.75) is 30.1 Å². The maximum atomic E-state index is 13.7. The van der Waals surface area contributed by atoms with Crippen LogP contribution in [0, 0.1) is 0 Å². The molecule has 4 rings (SSSR count). The Morgan fingerprint density at radius 3 is 2.03 bits per heavy atom. The minimum atomic E-state index is -4.00. The smallest absolute Gasteiger partial charge is 0.243 e. The van der Waals surface area contributed by atoms with Gasteiger partial charge in [-0.25, -0.2) is 16.8 Å². The average Bonchev–Trinajstić information content (AvgIpc) is 3.11. The molecule has 0 saturated carbocycles. The van der Waals surface area contributed by atoms with Crippen molar-refractivity contribution < 1.29 is 16.8 Å². The van der Waals surface area contributed by atoms with E-state index in [1.165, 1.54) is 28.6 Å². The van der Waals surface area contributed by atoms with Crippen molar-refractivity contribution in [1.29, 1.82) is 0 Å². The first kappa shape index (κ1) is 23.9. The fourth-order valence-electron chi connectivity index (χ4n) is 4.04. The van der Waals surface area contributed by atoms with Crippen LogP contribution in [0.15, 0.2) is 89.8 Å². The maximum absolute atomic E-state index is 13.7. The van der Waals surface area contributed by atoms with Gasteiger partial charge in [-0.3, -0.25) is 0 Å². The molecular formula is C24H25ClN2O4S2. The Balaban J connectivity index is 1.69. The summed E-state index contributed by atoms with van der Waals surface area (Å²) in [4.78, 5) is 0.0777. The van der Waals surface area contributed by atoms with E-state index in [1.54, 1.807) is 0 Å². The van der Waals surface area contributed by atoms with E-state index in [-0.39, 0.29) is 22.9 Å². The zero-order chi connectivity index (χ0) is 23.5. The second kappa shape index (κ2) is 9.95. The summed E-state index contributed by atoms with van der Waals surface area (Å²) in [6.45, 7) is 0.507. The van der Waals surface area contributed by atoms with Crippen molar-refractivity contribution in [3.63, 3.8) is 0 Å². The highest BCUT2D eigenvalue weighted by atomic mass is 35.5. The lowest BCUT2D eigenvalue weighted by molar-refractivity contribution is 0.286.